The Morgan fingerprint density at radius 1 is 1.18 bits per heavy atom. The molecule has 0 fully saturated rings. The van der Waals surface area contributed by atoms with Crippen LogP contribution in [0.2, 0.25) is 0 Å². The fourth-order valence-electron chi connectivity index (χ4n) is 5.00. The number of benzene rings is 3. The molecule has 3 aromatic carbocycles. The molecular weight excluding hydrogens is 502 g/mol. The highest BCUT2D eigenvalue weighted by Gasteiger charge is 2.34. The van der Waals surface area contributed by atoms with E-state index >= 15 is 0 Å². The number of sulfonamides is 1. The number of anilines is 2. The summed E-state index contributed by atoms with van der Waals surface area (Å²) in [6.07, 6.45) is 0.250. The van der Waals surface area contributed by atoms with E-state index in [1.807, 2.05) is 51.1 Å². The number of aliphatic carboxylic acids is 1. The molecule has 0 saturated heterocycles. The molecule has 9 heteroatoms. The molecule has 1 aliphatic heterocycles. The van der Waals surface area contributed by atoms with E-state index in [1.54, 1.807) is 31.3 Å². The standard InChI is InChI=1S/C29H35N3O5S/c1-5-22-17-32(38(35,36)27-9-7-6-8-26(27)37-22)16-21-14-20(11-10-18(21)2)24(15-28(33)34)23-12-13-25(31-4)29(30)19(23)3/h6-14,22,24,31H,5,15-17,30H2,1-4H3,(H,33,34). The Morgan fingerprint density at radius 2 is 1.92 bits per heavy atom. The number of para-hydroxylation sites is 1. The predicted octanol–water partition coefficient (Wildman–Crippen LogP) is 4.90. The van der Waals surface area contributed by atoms with Gasteiger partial charge in [0.2, 0.25) is 10.0 Å². The molecule has 1 heterocycles. The number of hydrogen-bond acceptors (Lipinski definition) is 6. The van der Waals surface area contributed by atoms with Gasteiger partial charge in [0.05, 0.1) is 24.3 Å². The van der Waals surface area contributed by atoms with Crippen LogP contribution < -0.4 is 15.8 Å². The summed E-state index contributed by atoms with van der Waals surface area (Å²) in [5, 5.41) is 12.8. The smallest absolute Gasteiger partial charge is 0.304 e. The van der Waals surface area contributed by atoms with Crippen molar-refractivity contribution < 1.29 is 23.1 Å². The monoisotopic (exact) mass is 537 g/mol. The molecule has 8 nitrogen and oxygen atoms in total. The molecule has 3 aromatic rings. The minimum Gasteiger partial charge on any atom is -0.488 e. The lowest BCUT2D eigenvalue weighted by molar-refractivity contribution is -0.137. The molecule has 0 bridgehead atoms. The van der Waals surface area contributed by atoms with E-state index in [4.69, 9.17) is 10.5 Å². The van der Waals surface area contributed by atoms with Crippen LogP contribution in [-0.4, -0.2) is 43.5 Å². The maximum absolute atomic E-state index is 13.7. The molecule has 38 heavy (non-hydrogen) atoms. The summed E-state index contributed by atoms with van der Waals surface area (Å²) in [6, 6.07) is 16.3. The number of carboxylic acid groups (broad SMARTS) is 1. The molecule has 4 rings (SSSR count). The summed E-state index contributed by atoms with van der Waals surface area (Å²) < 4.78 is 34.9. The number of fused-ring (bicyclic) bond motifs is 1. The summed E-state index contributed by atoms with van der Waals surface area (Å²) in [5.74, 6) is -1.01. The number of nitrogens with two attached hydrogens (primary N) is 1. The van der Waals surface area contributed by atoms with Gasteiger partial charge in [0.25, 0.3) is 0 Å². The Labute approximate surface area is 224 Å². The van der Waals surface area contributed by atoms with Gasteiger partial charge in [-0.3, -0.25) is 4.79 Å². The van der Waals surface area contributed by atoms with Crippen molar-refractivity contribution in [1.29, 1.82) is 0 Å². The lowest BCUT2D eigenvalue weighted by Crippen LogP contribution is -2.36. The van der Waals surface area contributed by atoms with Gasteiger partial charge in [-0.1, -0.05) is 43.3 Å². The number of rotatable bonds is 8. The average molecular weight is 538 g/mol. The lowest BCUT2D eigenvalue weighted by atomic mass is 9.84. The maximum Gasteiger partial charge on any atom is 0.304 e. The number of ether oxygens (including phenoxy) is 1. The number of nitrogen functional groups attached to an aromatic ring is 1. The summed E-state index contributed by atoms with van der Waals surface area (Å²) in [7, 11) is -2.02. The van der Waals surface area contributed by atoms with Gasteiger partial charge in [0.1, 0.15) is 16.7 Å². The summed E-state index contributed by atoms with van der Waals surface area (Å²) in [4.78, 5) is 12.1. The van der Waals surface area contributed by atoms with Crippen molar-refractivity contribution in [3.63, 3.8) is 0 Å². The van der Waals surface area contributed by atoms with Crippen LogP contribution in [0.4, 0.5) is 11.4 Å². The molecule has 0 aromatic heterocycles. The molecule has 4 N–H and O–H groups in total. The zero-order valence-electron chi connectivity index (χ0n) is 22.2. The van der Waals surface area contributed by atoms with Crippen LogP contribution in [0.1, 0.15) is 53.5 Å². The number of carboxylic acids is 1. The van der Waals surface area contributed by atoms with Gasteiger partial charge < -0.3 is 20.9 Å². The van der Waals surface area contributed by atoms with E-state index in [-0.39, 0.29) is 30.5 Å². The van der Waals surface area contributed by atoms with E-state index in [1.165, 1.54) is 4.31 Å². The highest BCUT2D eigenvalue weighted by Crippen LogP contribution is 2.37. The summed E-state index contributed by atoms with van der Waals surface area (Å²) in [5.41, 5.74) is 11.9. The van der Waals surface area contributed by atoms with Crippen molar-refractivity contribution in [3.05, 3.63) is 82.4 Å². The topological polar surface area (TPSA) is 122 Å². The third-order valence-corrected chi connectivity index (χ3v) is 9.18. The van der Waals surface area contributed by atoms with Crippen molar-refractivity contribution in [3.8, 4) is 5.75 Å². The van der Waals surface area contributed by atoms with Gasteiger partial charge in [0, 0.05) is 19.5 Å². The van der Waals surface area contributed by atoms with Gasteiger partial charge in [-0.25, -0.2) is 8.42 Å². The van der Waals surface area contributed by atoms with Crippen molar-refractivity contribution >= 4 is 27.4 Å². The second kappa shape index (κ2) is 11.0. The SMILES string of the molecule is CCC1CN(Cc2cc(C(CC(=O)O)c3ccc(NC)c(N)c3C)ccc2C)S(=O)(=O)c2ccccc2O1. The van der Waals surface area contributed by atoms with Gasteiger partial charge in [-0.05, 0) is 66.3 Å². The minimum atomic E-state index is -3.81. The van der Waals surface area contributed by atoms with Crippen LogP contribution in [0.5, 0.6) is 5.75 Å². The number of carbonyl (C=O) groups is 1. The van der Waals surface area contributed by atoms with E-state index in [0.717, 1.165) is 33.5 Å². The van der Waals surface area contributed by atoms with Crippen LogP contribution in [0.25, 0.3) is 0 Å². The van der Waals surface area contributed by atoms with E-state index in [9.17, 15) is 18.3 Å². The highest BCUT2D eigenvalue weighted by molar-refractivity contribution is 7.89. The number of nitrogens with one attached hydrogen (secondary N) is 1. The largest absolute Gasteiger partial charge is 0.488 e. The third kappa shape index (κ3) is 5.35. The second-order valence-corrected chi connectivity index (χ2v) is 11.6. The quantitative estimate of drug-likeness (QED) is 0.350. The number of aryl methyl sites for hydroxylation is 1. The molecule has 0 amide bonds. The number of nitrogens with zero attached hydrogens (tertiary/aromatic N) is 1. The Morgan fingerprint density at radius 3 is 2.61 bits per heavy atom. The second-order valence-electron chi connectivity index (χ2n) is 9.72. The van der Waals surface area contributed by atoms with Crippen molar-refractivity contribution in [1.82, 2.24) is 4.31 Å². The van der Waals surface area contributed by atoms with Gasteiger partial charge in [-0.15, -0.1) is 0 Å². The number of hydrogen-bond donors (Lipinski definition) is 3. The first-order chi connectivity index (χ1) is 18.1. The first kappa shape index (κ1) is 27.5. The molecule has 2 unspecified atom stereocenters. The maximum atomic E-state index is 13.7. The average Bonchev–Trinajstić information content (AvgIpc) is 2.99. The molecule has 0 radical (unpaired) electrons. The van der Waals surface area contributed by atoms with Crippen molar-refractivity contribution in [2.45, 2.75) is 57.1 Å². The normalized spacial score (nSPS) is 17.6. The first-order valence-electron chi connectivity index (χ1n) is 12.7. The van der Waals surface area contributed by atoms with Crippen molar-refractivity contribution in [2.75, 3.05) is 24.6 Å². The fraction of sp³-hybridized carbons (Fsp3) is 0.345. The zero-order valence-corrected chi connectivity index (χ0v) is 23.0. The Hall–Kier alpha value is -3.56. The van der Waals surface area contributed by atoms with Crippen LogP contribution >= 0.6 is 0 Å². The molecular formula is C29H35N3O5S. The Kier molecular flexibility index (Phi) is 7.99. The Balaban J connectivity index is 1.76. The van der Waals surface area contributed by atoms with Crippen LogP contribution in [0.15, 0.2) is 59.5 Å². The molecule has 202 valence electrons. The summed E-state index contributed by atoms with van der Waals surface area (Å²) >= 11 is 0. The van der Waals surface area contributed by atoms with Gasteiger partial charge in [-0.2, -0.15) is 4.31 Å². The van der Waals surface area contributed by atoms with Gasteiger partial charge in [0.15, 0.2) is 0 Å². The van der Waals surface area contributed by atoms with E-state index in [0.29, 0.717) is 17.9 Å². The van der Waals surface area contributed by atoms with Crippen LogP contribution in [0, 0.1) is 13.8 Å². The lowest BCUT2D eigenvalue weighted by Gasteiger charge is -2.25. The molecule has 0 saturated carbocycles. The third-order valence-electron chi connectivity index (χ3n) is 7.33. The predicted molar refractivity (Wildman–Crippen MR) is 149 cm³/mol. The molecule has 1 aliphatic rings. The molecule has 2 atom stereocenters. The first-order valence-corrected chi connectivity index (χ1v) is 14.1. The molecule has 0 aliphatic carbocycles. The van der Waals surface area contributed by atoms with Crippen LogP contribution in [-0.2, 0) is 21.4 Å². The molecule has 0 spiro atoms. The van der Waals surface area contributed by atoms with Crippen LogP contribution in [0.3, 0.4) is 0 Å². The van der Waals surface area contributed by atoms with E-state index in [2.05, 4.69) is 5.32 Å². The van der Waals surface area contributed by atoms with E-state index < -0.39 is 21.9 Å². The zero-order chi connectivity index (χ0) is 27.6. The Bertz CT molecular complexity index is 1450. The fourth-order valence-corrected chi connectivity index (χ4v) is 6.57. The van der Waals surface area contributed by atoms with Gasteiger partial charge >= 0.3 is 5.97 Å². The van der Waals surface area contributed by atoms with Crippen molar-refractivity contribution in [2.24, 2.45) is 0 Å². The summed E-state index contributed by atoms with van der Waals surface area (Å²) in [6.45, 7) is 6.16. The minimum absolute atomic E-state index is 0.122. The highest BCUT2D eigenvalue weighted by atomic mass is 32.2.